The minimum Gasteiger partial charge on any atom is -0.275 e. The first-order chi connectivity index (χ1) is 6.53. The van der Waals surface area contributed by atoms with E-state index in [9.17, 15) is 13.6 Å². The maximum atomic E-state index is 12.3. The van der Waals surface area contributed by atoms with Crippen molar-refractivity contribution in [2.45, 2.75) is 26.2 Å². The van der Waals surface area contributed by atoms with Gasteiger partial charge in [-0.05, 0) is 13.3 Å². The predicted octanol–water partition coefficient (Wildman–Crippen LogP) is 1.11. The summed E-state index contributed by atoms with van der Waals surface area (Å²) in [6.45, 7) is 3.61. The standard InChI is InChI=1S/C9H14F2N2O/c1-9(5-7(10)11)6-12-3-2-4-13(12)8(9)14/h7H,2-6H2,1H3/t9-/m1/s1. The van der Waals surface area contributed by atoms with Gasteiger partial charge in [0.05, 0.1) is 5.41 Å². The van der Waals surface area contributed by atoms with Crippen molar-refractivity contribution in [3.05, 3.63) is 0 Å². The summed E-state index contributed by atoms with van der Waals surface area (Å²) in [5.74, 6) is -0.129. The van der Waals surface area contributed by atoms with Gasteiger partial charge in [-0.3, -0.25) is 9.80 Å². The van der Waals surface area contributed by atoms with E-state index in [2.05, 4.69) is 0 Å². The van der Waals surface area contributed by atoms with Crippen molar-refractivity contribution in [3.63, 3.8) is 0 Å². The highest BCUT2D eigenvalue weighted by atomic mass is 19.3. The van der Waals surface area contributed by atoms with Crippen molar-refractivity contribution in [2.75, 3.05) is 19.6 Å². The molecule has 2 aliphatic rings. The molecule has 0 aromatic carbocycles. The third-order valence-electron chi connectivity index (χ3n) is 3.01. The van der Waals surface area contributed by atoms with Crippen LogP contribution in [-0.2, 0) is 4.79 Å². The first-order valence-corrected chi connectivity index (χ1v) is 4.88. The Morgan fingerprint density at radius 2 is 2.21 bits per heavy atom. The molecule has 0 saturated carbocycles. The highest BCUT2D eigenvalue weighted by molar-refractivity contribution is 5.84. The van der Waals surface area contributed by atoms with Crippen LogP contribution in [0.5, 0.6) is 0 Å². The van der Waals surface area contributed by atoms with Gasteiger partial charge in [0.2, 0.25) is 12.3 Å². The zero-order valence-corrected chi connectivity index (χ0v) is 8.17. The summed E-state index contributed by atoms with van der Waals surface area (Å²) in [7, 11) is 0. The number of halogens is 2. The highest BCUT2D eigenvalue weighted by Gasteiger charge is 2.50. The largest absolute Gasteiger partial charge is 0.275 e. The number of hydrogen-bond donors (Lipinski definition) is 0. The summed E-state index contributed by atoms with van der Waals surface area (Å²) in [6.07, 6.45) is -1.76. The van der Waals surface area contributed by atoms with Crippen LogP contribution in [0.25, 0.3) is 0 Å². The van der Waals surface area contributed by atoms with Gasteiger partial charge in [0.15, 0.2) is 0 Å². The molecule has 2 saturated heterocycles. The summed E-state index contributed by atoms with van der Waals surface area (Å²) < 4.78 is 24.6. The van der Waals surface area contributed by atoms with E-state index in [1.807, 2.05) is 5.01 Å². The molecular formula is C9H14F2N2O. The van der Waals surface area contributed by atoms with Crippen molar-refractivity contribution in [1.82, 2.24) is 10.0 Å². The second-order valence-corrected chi connectivity index (χ2v) is 4.33. The van der Waals surface area contributed by atoms with Gasteiger partial charge < -0.3 is 0 Å². The van der Waals surface area contributed by atoms with Crippen molar-refractivity contribution in [1.29, 1.82) is 0 Å². The van der Waals surface area contributed by atoms with Gasteiger partial charge in [-0.2, -0.15) is 0 Å². The van der Waals surface area contributed by atoms with Crippen LogP contribution in [0.1, 0.15) is 19.8 Å². The Bertz CT molecular complexity index is 259. The predicted molar refractivity (Wildman–Crippen MR) is 46.6 cm³/mol. The third-order valence-corrected chi connectivity index (χ3v) is 3.01. The molecule has 2 aliphatic heterocycles. The fourth-order valence-electron chi connectivity index (χ4n) is 2.33. The number of carbonyl (C=O) groups is 1. The van der Waals surface area contributed by atoms with E-state index in [0.29, 0.717) is 13.1 Å². The first-order valence-electron chi connectivity index (χ1n) is 4.88. The Morgan fingerprint density at radius 3 is 2.79 bits per heavy atom. The normalized spacial score (nSPS) is 33.1. The molecule has 0 aromatic heterocycles. The Hall–Kier alpha value is -0.710. The van der Waals surface area contributed by atoms with E-state index in [0.717, 1.165) is 13.0 Å². The molecule has 3 nitrogen and oxygen atoms in total. The average molecular weight is 204 g/mol. The molecule has 14 heavy (non-hydrogen) atoms. The smallest absolute Gasteiger partial charge is 0.244 e. The maximum Gasteiger partial charge on any atom is 0.244 e. The van der Waals surface area contributed by atoms with Crippen molar-refractivity contribution < 1.29 is 13.6 Å². The fraction of sp³-hybridized carbons (Fsp3) is 0.889. The summed E-state index contributed by atoms with van der Waals surface area (Å²) in [5, 5.41) is 3.52. The Labute approximate surface area is 81.6 Å². The van der Waals surface area contributed by atoms with Crippen LogP contribution in [0.2, 0.25) is 0 Å². The molecule has 0 spiro atoms. The van der Waals surface area contributed by atoms with Crippen molar-refractivity contribution in [2.24, 2.45) is 5.41 Å². The lowest BCUT2D eigenvalue weighted by Gasteiger charge is -2.20. The molecule has 2 rings (SSSR count). The summed E-state index contributed by atoms with van der Waals surface area (Å²) in [6, 6.07) is 0. The fourth-order valence-corrected chi connectivity index (χ4v) is 2.33. The van der Waals surface area contributed by atoms with E-state index in [1.54, 1.807) is 11.9 Å². The second kappa shape index (κ2) is 3.15. The number of hydrogen-bond acceptors (Lipinski definition) is 2. The minimum atomic E-state index is -2.40. The van der Waals surface area contributed by atoms with Crippen LogP contribution in [0.3, 0.4) is 0 Å². The van der Waals surface area contributed by atoms with Crippen molar-refractivity contribution >= 4 is 5.91 Å². The zero-order valence-electron chi connectivity index (χ0n) is 8.17. The lowest BCUT2D eigenvalue weighted by atomic mass is 9.87. The van der Waals surface area contributed by atoms with E-state index in [-0.39, 0.29) is 12.3 Å². The number of amides is 1. The molecule has 2 fully saturated rings. The van der Waals surface area contributed by atoms with Gasteiger partial charge in [-0.1, -0.05) is 0 Å². The molecule has 1 amide bonds. The van der Waals surface area contributed by atoms with Gasteiger partial charge in [-0.25, -0.2) is 13.8 Å². The molecule has 0 aliphatic carbocycles. The highest BCUT2D eigenvalue weighted by Crippen LogP contribution is 2.37. The lowest BCUT2D eigenvalue weighted by molar-refractivity contribution is -0.140. The zero-order chi connectivity index (χ0) is 10.3. The molecule has 2 heterocycles. The number of hydrazine groups is 1. The summed E-state index contributed by atoms with van der Waals surface area (Å²) >= 11 is 0. The Balaban J connectivity index is 2.12. The Kier molecular flexibility index (Phi) is 2.21. The van der Waals surface area contributed by atoms with Gasteiger partial charge in [0.1, 0.15) is 0 Å². The van der Waals surface area contributed by atoms with E-state index < -0.39 is 11.8 Å². The topological polar surface area (TPSA) is 23.6 Å². The number of fused-ring (bicyclic) bond motifs is 1. The van der Waals surface area contributed by atoms with Gasteiger partial charge >= 0.3 is 0 Å². The van der Waals surface area contributed by atoms with Crippen LogP contribution >= 0.6 is 0 Å². The third kappa shape index (κ3) is 1.39. The quantitative estimate of drug-likeness (QED) is 0.672. The average Bonchev–Trinajstić information content (AvgIpc) is 2.55. The molecule has 0 radical (unpaired) electrons. The lowest BCUT2D eigenvalue weighted by Crippen LogP contribution is -2.35. The number of rotatable bonds is 2. The Morgan fingerprint density at radius 1 is 1.50 bits per heavy atom. The van der Waals surface area contributed by atoms with E-state index >= 15 is 0 Å². The summed E-state index contributed by atoms with van der Waals surface area (Å²) in [5.41, 5.74) is -0.866. The maximum absolute atomic E-state index is 12.3. The molecule has 5 heteroatoms. The number of nitrogens with zero attached hydrogens (tertiary/aromatic N) is 2. The summed E-state index contributed by atoms with van der Waals surface area (Å²) in [4.78, 5) is 11.8. The van der Waals surface area contributed by atoms with Gasteiger partial charge in [0, 0.05) is 26.1 Å². The molecule has 80 valence electrons. The van der Waals surface area contributed by atoms with Crippen LogP contribution in [0, 0.1) is 5.41 Å². The minimum absolute atomic E-state index is 0.129. The van der Waals surface area contributed by atoms with Crippen LogP contribution in [-0.4, -0.2) is 42.0 Å². The number of alkyl halides is 2. The molecule has 0 bridgehead atoms. The second-order valence-electron chi connectivity index (χ2n) is 4.33. The monoisotopic (exact) mass is 204 g/mol. The molecule has 1 atom stereocenters. The van der Waals surface area contributed by atoms with Crippen LogP contribution in [0.4, 0.5) is 8.78 Å². The molecule has 0 aromatic rings. The molecule has 0 unspecified atom stereocenters. The van der Waals surface area contributed by atoms with Crippen LogP contribution in [0.15, 0.2) is 0 Å². The molecular weight excluding hydrogens is 190 g/mol. The van der Waals surface area contributed by atoms with Crippen LogP contribution < -0.4 is 0 Å². The van der Waals surface area contributed by atoms with Gasteiger partial charge in [-0.15, -0.1) is 0 Å². The van der Waals surface area contributed by atoms with E-state index in [1.165, 1.54) is 0 Å². The van der Waals surface area contributed by atoms with Crippen molar-refractivity contribution in [3.8, 4) is 0 Å². The number of carbonyl (C=O) groups excluding carboxylic acids is 1. The SMILES string of the molecule is C[C@@]1(CC(F)F)CN2CCCN2C1=O. The molecule has 0 N–H and O–H groups in total. The van der Waals surface area contributed by atoms with Gasteiger partial charge in [0.25, 0.3) is 0 Å². The first kappa shape index (κ1) is 9.83. The van der Waals surface area contributed by atoms with E-state index in [4.69, 9.17) is 0 Å².